The number of rotatable bonds is 6. The van der Waals surface area contributed by atoms with Crippen LogP contribution in [0.15, 0.2) is 83.7 Å². The van der Waals surface area contributed by atoms with Crippen molar-refractivity contribution in [3.8, 4) is 16.9 Å². The van der Waals surface area contributed by atoms with Crippen LogP contribution >= 0.6 is 0 Å². The van der Waals surface area contributed by atoms with Crippen molar-refractivity contribution in [3.05, 3.63) is 89.2 Å². The Morgan fingerprint density at radius 3 is 2.43 bits per heavy atom. The van der Waals surface area contributed by atoms with Crippen molar-refractivity contribution in [2.45, 2.75) is 19.8 Å². The molecule has 0 radical (unpaired) electrons. The van der Waals surface area contributed by atoms with Gasteiger partial charge in [-0.3, -0.25) is 4.79 Å². The smallest absolute Gasteiger partial charge is 0.279 e. The summed E-state index contributed by atoms with van der Waals surface area (Å²) in [7, 11) is 0. The van der Waals surface area contributed by atoms with Crippen LogP contribution in [0.25, 0.3) is 27.7 Å². The van der Waals surface area contributed by atoms with Gasteiger partial charge in [-0.25, -0.2) is 0 Å². The Kier molecular flexibility index (Phi) is 5.20. The molecule has 4 rings (SSSR count). The first kappa shape index (κ1) is 18.0. The van der Waals surface area contributed by atoms with E-state index in [1.807, 2.05) is 78.9 Å². The lowest BCUT2D eigenvalue weighted by atomic mass is 10.1. The fourth-order valence-electron chi connectivity index (χ4n) is 3.33. The quantitative estimate of drug-likeness (QED) is 0.471. The molecule has 4 heteroatoms. The highest BCUT2D eigenvalue weighted by Crippen LogP contribution is 2.25. The Morgan fingerprint density at radius 2 is 1.64 bits per heavy atom. The Labute approximate surface area is 164 Å². The molecule has 0 atom stereocenters. The highest BCUT2D eigenvalue weighted by Gasteiger charge is 2.13. The molecule has 3 aromatic carbocycles. The first-order chi connectivity index (χ1) is 13.8. The van der Waals surface area contributed by atoms with Gasteiger partial charge in [0.1, 0.15) is 0 Å². The van der Waals surface area contributed by atoms with E-state index >= 15 is 0 Å². The Hall–Kier alpha value is -3.40. The number of benzene rings is 3. The van der Waals surface area contributed by atoms with Gasteiger partial charge < -0.3 is 5.32 Å². The van der Waals surface area contributed by atoms with E-state index < -0.39 is 0 Å². The molecule has 0 aliphatic carbocycles. The highest BCUT2D eigenvalue weighted by molar-refractivity contribution is 5.93. The molecule has 1 aromatic heterocycles. The third kappa shape index (κ3) is 3.54. The lowest BCUT2D eigenvalue weighted by Crippen LogP contribution is -2.22. The van der Waals surface area contributed by atoms with Gasteiger partial charge in [-0.1, -0.05) is 67.9 Å². The van der Waals surface area contributed by atoms with Crippen molar-refractivity contribution in [1.29, 1.82) is 0 Å². The van der Waals surface area contributed by atoms with Crippen molar-refractivity contribution in [1.82, 2.24) is 9.78 Å². The maximum Gasteiger partial charge on any atom is 0.279 e. The topological polar surface area (TPSA) is 46.9 Å². The van der Waals surface area contributed by atoms with E-state index in [0.717, 1.165) is 47.4 Å². The first-order valence-corrected chi connectivity index (χ1v) is 9.70. The maximum absolute atomic E-state index is 13.2. The van der Waals surface area contributed by atoms with E-state index in [4.69, 9.17) is 5.10 Å². The summed E-state index contributed by atoms with van der Waals surface area (Å²) >= 11 is 0. The number of hydrogen-bond acceptors (Lipinski definition) is 3. The van der Waals surface area contributed by atoms with Gasteiger partial charge in [-0.15, -0.1) is 0 Å². The molecular weight excluding hydrogens is 346 g/mol. The van der Waals surface area contributed by atoms with Crippen LogP contribution in [0.5, 0.6) is 0 Å². The molecule has 0 unspecified atom stereocenters. The number of anilines is 1. The average molecular weight is 369 g/mol. The molecule has 0 spiro atoms. The molecule has 0 bridgehead atoms. The Balaban J connectivity index is 1.88. The normalized spacial score (nSPS) is 10.9. The number of aromatic nitrogens is 2. The molecule has 0 amide bonds. The summed E-state index contributed by atoms with van der Waals surface area (Å²) in [5, 5.41) is 9.71. The monoisotopic (exact) mass is 369 g/mol. The van der Waals surface area contributed by atoms with Crippen LogP contribution < -0.4 is 10.9 Å². The Bertz CT molecular complexity index is 1150. The number of unbranched alkanes of at least 4 members (excludes halogenated alkanes) is 1. The fourth-order valence-corrected chi connectivity index (χ4v) is 3.33. The third-order valence-corrected chi connectivity index (χ3v) is 4.80. The van der Waals surface area contributed by atoms with Gasteiger partial charge in [0.2, 0.25) is 0 Å². The van der Waals surface area contributed by atoms with Gasteiger partial charge in [0, 0.05) is 23.2 Å². The lowest BCUT2D eigenvalue weighted by Gasteiger charge is -2.13. The predicted molar refractivity (Wildman–Crippen MR) is 116 cm³/mol. The van der Waals surface area contributed by atoms with Crippen molar-refractivity contribution in [3.63, 3.8) is 0 Å². The summed E-state index contributed by atoms with van der Waals surface area (Å²) in [6, 6.07) is 25.5. The number of nitrogens with zero attached hydrogens (tertiary/aromatic N) is 2. The summed E-state index contributed by atoms with van der Waals surface area (Å²) in [5.74, 6) is 0. The maximum atomic E-state index is 13.2. The zero-order valence-electron chi connectivity index (χ0n) is 15.9. The van der Waals surface area contributed by atoms with E-state index in [2.05, 4.69) is 12.2 Å². The summed E-state index contributed by atoms with van der Waals surface area (Å²) in [4.78, 5) is 13.2. The molecule has 0 fully saturated rings. The highest BCUT2D eigenvalue weighted by atomic mass is 16.1. The van der Waals surface area contributed by atoms with Crippen LogP contribution in [0.3, 0.4) is 0 Å². The second-order valence-electron chi connectivity index (χ2n) is 6.81. The van der Waals surface area contributed by atoms with E-state index in [0.29, 0.717) is 5.39 Å². The zero-order valence-corrected chi connectivity index (χ0v) is 15.9. The molecule has 140 valence electrons. The van der Waals surface area contributed by atoms with Crippen molar-refractivity contribution >= 4 is 16.5 Å². The standard InChI is InChI=1S/C24H23N3O/c1-2-3-16-25-19-12-9-13-20(17-19)27-24(28)22-15-8-7-14-21(22)23(26-27)18-10-5-4-6-11-18/h4-15,17,25H,2-3,16H2,1H3. The van der Waals surface area contributed by atoms with Gasteiger partial charge in [-0.05, 0) is 30.7 Å². The number of fused-ring (bicyclic) bond motifs is 1. The van der Waals surface area contributed by atoms with Crippen LogP contribution in [0.1, 0.15) is 19.8 Å². The van der Waals surface area contributed by atoms with Crippen LogP contribution in [0, 0.1) is 0 Å². The third-order valence-electron chi connectivity index (χ3n) is 4.80. The minimum Gasteiger partial charge on any atom is -0.385 e. The van der Waals surface area contributed by atoms with E-state index in [9.17, 15) is 4.79 Å². The second-order valence-corrected chi connectivity index (χ2v) is 6.81. The van der Waals surface area contributed by atoms with Crippen molar-refractivity contribution < 1.29 is 0 Å². The molecular formula is C24H23N3O. The Morgan fingerprint density at radius 1 is 0.893 bits per heavy atom. The zero-order chi connectivity index (χ0) is 19.3. The molecule has 0 aliphatic heterocycles. The fraction of sp³-hybridized carbons (Fsp3) is 0.167. The number of nitrogens with one attached hydrogen (secondary N) is 1. The molecule has 28 heavy (non-hydrogen) atoms. The van der Waals surface area contributed by atoms with Crippen molar-refractivity contribution in [2.24, 2.45) is 0 Å². The predicted octanol–water partition coefficient (Wildman–Crippen LogP) is 5.26. The van der Waals surface area contributed by atoms with Crippen LogP contribution in [0.2, 0.25) is 0 Å². The molecule has 0 saturated heterocycles. The SMILES string of the molecule is CCCCNc1cccc(-n2nc(-c3ccccc3)c3ccccc3c2=O)c1. The molecule has 0 aliphatic rings. The summed E-state index contributed by atoms with van der Waals surface area (Å²) in [6.45, 7) is 3.08. The van der Waals surface area contributed by atoms with Gasteiger partial charge >= 0.3 is 0 Å². The van der Waals surface area contributed by atoms with Crippen molar-refractivity contribution in [2.75, 3.05) is 11.9 Å². The second kappa shape index (κ2) is 8.09. The first-order valence-electron chi connectivity index (χ1n) is 9.70. The molecule has 4 aromatic rings. The summed E-state index contributed by atoms with van der Waals surface area (Å²) in [6.07, 6.45) is 2.25. The van der Waals surface area contributed by atoms with Gasteiger partial charge in [0.05, 0.1) is 16.8 Å². The van der Waals surface area contributed by atoms with Crippen LogP contribution in [-0.2, 0) is 0 Å². The largest absolute Gasteiger partial charge is 0.385 e. The molecule has 0 saturated carbocycles. The molecule has 4 nitrogen and oxygen atoms in total. The van der Waals surface area contributed by atoms with Crippen LogP contribution in [-0.4, -0.2) is 16.3 Å². The summed E-state index contributed by atoms with van der Waals surface area (Å²) in [5.41, 5.74) is 3.44. The average Bonchev–Trinajstić information content (AvgIpc) is 2.75. The summed E-state index contributed by atoms with van der Waals surface area (Å²) < 4.78 is 1.51. The van der Waals surface area contributed by atoms with E-state index in [1.54, 1.807) is 0 Å². The lowest BCUT2D eigenvalue weighted by molar-refractivity contribution is 0.822. The minimum absolute atomic E-state index is 0.110. The minimum atomic E-state index is -0.110. The van der Waals surface area contributed by atoms with Gasteiger partial charge in [0.25, 0.3) is 5.56 Å². The van der Waals surface area contributed by atoms with Gasteiger partial charge in [0.15, 0.2) is 0 Å². The number of hydrogen-bond donors (Lipinski definition) is 1. The van der Waals surface area contributed by atoms with E-state index in [1.165, 1.54) is 4.68 Å². The molecule has 1 heterocycles. The van der Waals surface area contributed by atoms with Gasteiger partial charge in [-0.2, -0.15) is 9.78 Å². The van der Waals surface area contributed by atoms with E-state index in [-0.39, 0.29) is 5.56 Å². The molecule has 1 N–H and O–H groups in total. The van der Waals surface area contributed by atoms with Crippen LogP contribution in [0.4, 0.5) is 5.69 Å².